The standard InChI is InChI=1S/C38H54O6Si/c1-29-22-33-28-43-38(19-13-20-42-38)35(39)37(33,23-32(29)18-21-44-45(5,6)36(2,3)4)34(26-40-24-30-14-9-7-10-15-30)27-41-25-31-16-11-8-12-17-31/h7-12,14-17,22,32-34H,13,18-21,23-28H2,1-6H3/t32-,33+,37+,38-/m1/s1. The molecule has 6 nitrogen and oxygen atoms in total. The number of ether oxygens (including phenoxy) is 4. The predicted molar refractivity (Wildman–Crippen MR) is 180 cm³/mol. The largest absolute Gasteiger partial charge is 0.417 e. The van der Waals surface area contributed by atoms with Gasteiger partial charge in [0, 0.05) is 24.9 Å². The normalized spacial score (nSPS) is 27.2. The fraction of sp³-hybridized carbons (Fsp3) is 0.605. The van der Waals surface area contributed by atoms with Gasteiger partial charge in [-0.05, 0) is 61.4 Å². The van der Waals surface area contributed by atoms with Gasteiger partial charge < -0.3 is 23.4 Å². The minimum atomic E-state index is -1.89. The highest BCUT2D eigenvalue weighted by molar-refractivity contribution is 6.74. The minimum absolute atomic E-state index is 0.0666. The first-order valence-corrected chi connectivity index (χ1v) is 19.8. The molecule has 2 heterocycles. The summed E-state index contributed by atoms with van der Waals surface area (Å²) >= 11 is 0. The number of carbonyl (C=O) groups is 1. The lowest BCUT2D eigenvalue weighted by molar-refractivity contribution is -0.254. The van der Waals surface area contributed by atoms with Crippen LogP contribution in [0.15, 0.2) is 72.3 Å². The van der Waals surface area contributed by atoms with Crippen molar-refractivity contribution in [2.24, 2.45) is 23.2 Å². The number of Topliss-reactive ketones (excluding diaryl/α,β-unsaturated/α-hetero) is 1. The average molecular weight is 635 g/mol. The van der Waals surface area contributed by atoms with Crippen LogP contribution in [0.2, 0.25) is 18.1 Å². The maximum atomic E-state index is 15.0. The molecule has 2 fully saturated rings. The molecule has 5 rings (SSSR count). The molecule has 0 amide bonds. The van der Waals surface area contributed by atoms with Gasteiger partial charge in [0.2, 0.25) is 5.79 Å². The third-order valence-electron chi connectivity index (χ3n) is 10.9. The average Bonchev–Trinajstić information content (AvgIpc) is 3.49. The molecule has 1 spiro atoms. The molecule has 0 radical (unpaired) electrons. The Morgan fingerprint density at radius 2 is 1.53 bits per heavy atom. The summed E-state index contributed by atoms with van der Waals surface area (Å²) in [6, 6.07) is 20.5. The summed E-state index contributed by atoms with van der Waals surface area (Å²) in [5, 5.41) is 0.150. The van der Waals surface area contributed by atoms with Crippen molar-refractivity contribution < 1.29 is 28.2 Å². The molecule has 2 aliphatic heterocycles. The number of hydrogen-bond acceptors (Lipinski definition) is 6. The van der Waals surface area contributed by atoms with Crippen LogP contribution in [0.25, 0.3) is 0 Å². The zero-order chi connectivity index (χ0) is 32.1. The van der Waals surface area contributed by atoms with Crippen molar-refractivity contribution in [3.8, 4) is 0 Å². The van der Waals surface area contributed by atoms with E-state index in [0.717, 1.165) is 30.4 Å². The van der Waals surface area contributed by atoms with Crippen LogP contribution in [-0.2, 0) is 41.4 Å². The lowest BCUT2D eigenvalue weighted by Gasteiger charge is -2.55. The molecule has 0 aromatic heterocycles. The van der Waals surface area contributed by atoms with Crippen molar-refractivity contribution in [3.63, 3.8) is 0 Å². The van der Waals surface area contributed by atoms with Gasteiger partial charge in [-0.2, -0.15) is 0 Å². The monoisotopic (exact) mass is 634 g/mol. The van der Waals surface area contributed by atoms with E-state index in [1.54, 1.807) is 0 Å². The molecular formula is C38H54O6Si. The second-order valence-electron chi connectivity index (χ2n) is 14.9. The van der Waals surface area contributed by atoms with E-state index in [4.69, 9.17) is 23.4 Å². The maximum absolute atomic E-state index is 15.0. The van der Waals surface area contributed by atoms with E-state index >= 15 is 4.79 Å². The molecule has 0 N–H and O–H groups in total. The van der Waals surface area contributed by atoms with Crippen molar-refractivity contribution in [1.29, 1.82) is 0 Å². The molecule has 1 aliphatic carbocycles. The Hall–Kier alpha value is -2.13. The van der Waals surface area contributed by atoms with E-state index in [2.05, 4.69) is 71.1 Å². The first-order valence-electron chi connectivity index (χ1n) is 16.9. The fourth-order valence-corrected chi connectivity index (χ4v) is 8.18. The second kappa shape index (κ2) is 14.3. The van der Waals surface area contributed by atoms with Gasteiger partial charge in [-0.15, -0.1) is 0 Å². The first kappa shape index (κ1) is 34.2. The lowest BCUT2D eigenvalue weighted by atomic mass is 9.54. The Kier molecular flexibility index (Phi) is 10.9. The molecule has 4 atom stereocenters. The van der Waals surface area contributed by atoms with Crippen molar-refractivity contribution in [2.45, 2.75) is 90.5 Å². The summed E-state index contributed by atoms with van der Waals surface area (Å²) in [6.45, 7) is 17.2. The van der Waals surface area contributed by atoms with Gasteiger partial charge in [-0.3, -0.25) is 4.79 Å². The molecule has 3 aliphatic rings. The Morgan fingerprint density at radius 1 is 0.933 bits per heavy atom. The van der Waals surface area contributed by atoms with Gasteiger partial charge in [0.15, 0.2) is 14.1 Å². The highest BCUT2D eigenvalue weighted by Crippen LogP contribution is 2.56. The van der Waals surface area contributed by atoms with Gasteiger partial charge in [0.05, 0.1) is 45.1 Å². The molecule has 45 heavy (non-hydrogen) atoms. The zero-order valence-electron chi connectivity index (χ0n) is 28.3. The first-order chi connectivity index (χ1) is 21.5. The smallest absolute Gasteiger partial charge is 0.229 e. The van der Waals surface area contributed by atoms with E-state index in [1.165, 1.54) is 5.57 Å². The van der Waals surface area contributed by atoms with Crippen LogP contribution in [0.5, 0.6) is 0 Å². The van der Waals surface area contributed by atoms with E-state index in [-0.39, 0.29) is 28.6 Å². The second-order valence-corrected chi connectivity index (χ2v) is 19.7. The van der Waals surface area contributed by atoms with Crippen LogP contribution in [-0.4, -0.2) is 52.9 Å². The number of fused-ring (bicyclic) bond motifs is 1. The highest BCUT2D eigenvalue weighted by atomic mass is 28.4. The Morgan fingerprint density at radius 3 is 2.07 bits per heavy atom. The molecular weight excluding hydrogens is 580 g/mol. The summed E-state index contributed by atoms with van der Waals surface area (Å²) in [4.78, 5) is 15.0. The summed E-state index contributed by atoms with van der Waals surface area (Å²) in [7, 11) is -1.89. The molecule has 7 heteroatoms. The van der Waals surface area contributed by atoms with E-state index in [0.29, 0.717) is 52.7 Å². The van der Waals surface area contributed by atoms with Gasteiger partial charge in [-0.25, -0.2) is 0 Å². The number of hydrogen-bond donors (Lipinski definition) is 0. The van der Waals surface area contributed by atoms with Crippen LogP contribution < -0.4 is 0 Å². The maximum Gasteiger partial charge on any atom is 0.229 e. The summed E-state index contributed by atoms with van der Waals surface area (Å²) in [6.07, 6.45) is 5.35. The lowest BCUT2D eigenvalue weighted by Crippen LogP contribution is -2.64. The molecule has 2 aromatic rings. The highest BCUT2D eigenvalue weighted by Gasteiger charge is 2.64. The van der Waals surface area contributed by atoms with Gasteiger partial charge in [0.1, 0.15) is 0 Å². The Balaban J connectivity index is 1.44. The Labute approximate surface area is 272 Å². The summed E-state index contributed by atoms with van der Waals surface area (Å²) < 4.78 is 32.1. The minimum Gasteiger partial charge on any atom is -0.417 e. The third kappa shape index (κ3) is 7.55. The van der Waals surface area contributed by atoms with Crippen LogP contribution in [0.1, 0.15) is 64.5 Å². The summed E-state index contributed by atoms with van der Waals surface area (Å²) in [5.41, 5.74) is 2.83. The van der Waals surface area contributed by atoms with E-state index < -0.39 is 19.5 Å². The van der Waals surface area contributed by atoms with Crippen molar-refractivity contribution in [3.05, 3.63) is 83.4 Å². The molecule has 2 aromatic carbocycles. The van der Waals surface area contributed by atoms with E-state index in [1.807, 2.05) is 36.4 Å². The summed E-state index contributed by atoms with van der Waals surface area (Å²) in [5.74, 6) is -1.10. The molecule has 2 saturated heterocycles. The van der Waals surface area contributed by atoms with Crippen molar-refractivity contribution >= 4 is 14.1 Å². The zero-order valence-corrected chi connectivity index (χ0v) is 29.3. The van der Waals surface area contributed by atoms with Crippen LogP contribution in [0.4, 0.5) is 0 Å². The van der Waals surface area contributed by atoms with Gasteiger partial charge in [-0.1, -0.05) is 93.1 Å². The number of carbonyl (C=O) groups excluding carboxylic acids is 1. The third-order valence-corrected chi connectivity index (χ3v) is 15.5. The van der Waals surface area contributed by atoms with Crippen LogP contribution in [0, 0.1) is 23.2 Å². The van der Waals surface area contributed by atoms with Crippen molar-refractivity contribution in [1.82, 2.24) is 0 Å². The Bertz CT molecular complexity index is 1230. The fourth-order valence-electron chi connectivity index (χ4n) is 7.12. The quantitative estimate of drug-likeness (QED) is 0.164. The van der Waals surface area contributed by atoms with E-state index in [9.17, 15) is 0 Å². The predicted octanol–water partition coefficient (Wildman–Crippen LogP) is 8.12. The van der Waals surface area contributed by atoms with Crippen LogP contribution >= 0.6 is 0 Å². The topological polar surface area (TPSA) is 63.2 Å². The number of rotatable bonds is 13. The van der Waals surface area contributed by atoms with Gasteiger partial charge in [0.25, 0.3) is 0 Å². The van der Waals surface area contributed by atoms with Gasteiger partial charge >= 0.3 is 0 Å². The molecule has 0 bridgehead atoms. The number of benzene rings is 2. The number of allylic oxidation sites excluding steroid dienone is 1. The van der Waals surface area contributed by atoms with Crippen molar-refractivity contribution in [2.75, 3.05) is 33.0 Å². The SMILES string of the molecule is CC1=C[C@H]2CO[C@]3(CCCO3)C(=O)[C@@]2(C(COCc2ccccc2)COCc2ccccc2)C[C@H]1CCO[Si](C)(C)C(C)(C)C. The number of ketones is 1. The molecule has 0 saturated carbocycles. The molecule has 0 unspecified atom stereocenters. The van der Waals surface area contributed by atoms with Crippen LogP contribution in [0.3, 0.4) is 0 Å². The molecule has 246 valence electrons.